The standard InChI is InChI=1S/C17H15Cl2N3O5/c1-9(27-10-5-6-13-14(7-10)26-8-25-13)16(23)21-22-17(24)20-12-4-2-3-11(18)15(12)19/h2-7,9H,8H2,1H3,(H,21,23)(H2,20,22,24)/t9-/m1/s1. The fraction of sp³-hybridized carbons (Fsp3) is 0.176. The van der Waals surface area contributed by atoms with Gasteiger partial charge in [-0.15, -0.1) is 0 Å². The molecule has 0 radical (unpaired) electrons. The number of amides is 3. The quantitative estimate of drug-likeness (QED) is 0.670. The van der Waals surface area contributed by atoms with E-state index in [1.54, 1.807) is 36.4 Å². The Morgan fingerprint density at radius 3 is 2.70 bits per heavy atom. The van der Waals surface area contributed by atoms with Crippen LogP contribution in [0.4, 0.5) is 10.5 Å². The van der Waals surface area contributed by atoms with Crippen LogP contribution < -0.4 is 30.4 Å². The Morgan fingerprint density at radius 1 is 1.11 bits per heavy atom. The summed E-state index contributed by atoms with van der Waals surface area (Å²) in [6.45, 7) is 1.68. The summed E-state index contributed by atoms with van der Waals surface area (Å²) < 4.78 is 16.0. The van der Waals surface area contributed by atoms with Gasteiger partial charge in [0, 0.05) is 6.07 Å². The number of hydrazine groups is 1. The Balaban J connectivity index is 1.49. The first-order valence-corrected chi connectivity index (χ1v) is 8.57. The average molecular weight is 412 g/mol. The summed E-state index contributed by atoms with van der Waals surface area (Å²) in [6.07, 6.45) is -0.875. The molecule has 0 fully saturated rings. The molecule has 1 aliphatic rings. The second-order valence-corrected chi connectivity index (χ2v) is 6.23. The van der Waals surface area contributed by atoms with Crippen molar-refractivity contribution in [3.05, 3.63) is 46.4 Å². The van der Waals surface area contributed by atoms with E-state index >= 15 is 0 Å². The number of ether oxygens (including phenoxy) is 3. The van der Waals surface area contributed by atoms with Crippen molar-refractivity contribution in [3.63, 3.8) is 0 Å². The normalized spacial score (nSPS) is 12.9. The third kappa shape index (κ3) is 4.66. The minimum Gasteiger partial charge on any atom is -0.481 e. The maximum Gasteiger partial charge on any atom is 0.337 e. The van der Waals surface area contributed by atoms with Gasteiger partial charge in [0.05, 0.1) is 15.7 Å². The van der Waals surface area contributed by atoms with Crippen molar-refractivity contribution in [1.29, 1.82) is 0 Å². The number of fused-ring (bicyclic) bond motifs is 1. The van der Waals surface area contributed by atoms with Gasteiger partial charge in [-0.05, 0) is 31.2 Å². The van der Waals surface area contributed by atoms with Crippen molar-refractivity contribution < 1.29 is 23.8 Å². The van der Waals surface area contributed by atoms with Crippen molar-refractivity contribution in [2.45, 2.75) is 13.0 Å². The van der Waals surface area contributed by atoms with E-state index in [1.807, 2.05) is 0 Å². The average Bonchev–Trinajstić information content (AvgIpc) is 3.11. The molecule has 27 heavy (non-hydrogen) atoms. The van der Waals surface area contributed by atoms with Crippen LogP contribution in [0.1, 0.15) is 6.92 Å². The number of halogens is 2. The molecule has 2 aromatic rings. The van der Waals surface area contributed by atoms with Crippen LogP contribution >= 0.6 is 23.2 Å². The highest BCUT2D eigenvalue weighted by Gasteiger charge is 2.19. The summed E-state index contributed by atoms with van der Waals surface area (Å²) in [4.78, 5) is 24.0. The zero-order chi connectivity index (χ0) is 19.4. The summed E-state index contributed by atoms with van der Waals surface area (Å²) >= 11 is 11.9. The Bertz CT molecular complexity index is 878. The zero-order valence-electron chi connectivity index (χ0n) is 14.0. The zero-order valence-corrected chi connectivity index (χ0v) is 15.6. The van der Waals surface area contributed by atoms with Crippen molar-refractivity contribution in [1.82, 2.24) is 10.9 Å². The Labute approximate surface area is 164 Å². The number of anilines is 1. The number of urea groups is 1. The molecule has 0 saturated heterocycles. The smallest absolute Gasteiger partial charge is 0.337 e. The van der Waals surface area contributed by atoms with Gasteiger partial charge in [0.1, 0.15) is 5.75 Å². The molecule has 3 rings (SSSR count). The number of rotatable bonds is 4. The first-order valence-electron chi connectivity index (χ1n) is 7.81. The van der Waals surface area contributed by atoms with E-state index in [4.69, 9.17) is 37.4 Å². The minimum absolute atomic E-state index is 0.143. The topological polar surface area (TPSA) is 97.9 Å². The predicted molar refractivity (Wildman–Crippen MR) is 99.4 cm³/mol. The molecule has 2 aromatic carbocycles. The van der Waals surface area contributed by atoms with E-state index in [1.165, 1.54) is 6.92 Å². The number of carbonyl (C=O) groups excluding carboxylic acids is 2. The van der Waals surface area contributed by atoms with Crippen LogP contribution in [0.2, 0.25) is 10.0 Å². The van der Waals surface area contributed by atoms with Gasteiger partial charge in [-0.3, -0.25) is 10.2 Å². The highest BCUT2D eigenvalue weighted by Crippen LogP contribution is 2.35. The van der Waals surface area contributed by atoms with Gasteiger partial charge in [0.2, 0.25) is 6.79 Å². The van der Waals surface area contributed by atoms with Crippen molar-refractivity contribution in [3.8, 4) is 17.2 Å². The molecule has 8 nitrogen and oxygen atoms in total. The lowest BCUT2D eigenvalue weighted by atomic mass is 10.3. The van der Waals surface area contributed by atoms with Crippen LogP contribution in [0.3, 0.4) is 0 Å². The summed E-state index contributed by atoms with van der Waals surface area (Å²) in [7, 11) is 0. The molecular weight excluding hydrogens is 397 g/mol. The maximum atomic E-state index is 12.1. The number of hydrogen-bond acceptors (Lipinski definition) is 5. The van der Waals surface area contributed by atoms with E-state index in [0.29, 0.717) is 28.0 Å². The lowest BCUT2D eigenvalue weighted by molar-refractivity contribution is -0.127. The second-order valence-electron chi connectivity index (χ2n) is 5.44. The van der Waals surface area contributed by atoms with Gasteiger partial charge >= 0.3 is 6.03 Å². The summed E-state index contributed by atoms with van der Waals surface area (Å²) in [6, 6.07) is 9.05. The number of hydrogen-bond donors (Lipinski definition) is 3. The lowest BCUT2D eigenvalue weighted by Gasteiger charge is -2.16. The second kappa shape index (κ2) is 8.24. The minimum atomic E-state index is -0.875. The van der Waals surface area contributed by atoms with Gasteiger partial charge in [-0.1, -0.05) is 29.3 Å². The molecule has 1 aliphatic heterocycles. The highest BCUT2D eigenvalue weighted by molar-refractivity contribution is 6.43. The molecule has 0 aliphatic carbocycles. The Kier molecular flexibility index (Phi) is 5.78. The van der Waals surface area contributed by atoms with Crippen LogP contribution in [-0.4, -0.2) is 24.8 Å². The first kappa shape index (κ1) is 18.9. The monoisotopic (exact) mass is 411 g/mol. The SMILES string of the molecule is C[C@@H](Oc1ccc2c(c1)OCO2)C(=O)NNC(=O)Nc1cccc(Cl)c1Cl. The molecule has 10 heteroatoms. The van der Waals surface area contributed by atoms with Crippen LogP contribution in [-0.2, 0) is 4.79 Å². The first-order chi connectivity index (χ1) is 12.9. The van der Waals surface area contributed by atoms with Crippen LogP contribution in [0, 0.1) is 0 Å². The molecule has 1 atom stereocenters. The number of carbonyl (C=O) groups is 2. The van der Waals surface area contributed by atoms with E-state index in [0.717, 1.165) is 0 Å². The number of benzene rings is 2. The molecule has 0 aromatic heterocycles. The molecular formula is C17H15Cl2N3O5. The van der Waals surface area contributed by atoms with Crippen LogP contribution in [0.15, 0.2) is 36.4 Å². The largest absolute Gasteiger partial charge is 0.481 e. The van der Waals surface area contributed by atoms with Gasteiger partial charge in [-0.25, -0.2) is 10.2 Å². The van der Waals surface area contributed by atoms with Crippen molar-refractivity contribution in [2.75, 3.05) is 12.1 Å². The third-order valence-electron chi connectivity index (χ3n) is 3.53. The Hall–Kier alpha value is -2.84. The summed E-state index contributed by atoms with van der Waals surface area (Å²) in [5, 5.41) is 2.96. The predicted octanol–water partition coefficient (Wildman–Crippen LogP) is 3.34. The molecule has 142 valence electrons. The molecule has 0 spiro atoms. The van der Waals surface area contributed by atoms with Gasteiger partial charge in [0.15, 0.2) is 17.6 Å². The Morgan fingerprint density at radius 2 is 1.89 bits per heavy atom. The fourth-order valence-electron chi connectivity index (χ4n) is 2.18. The lowest BCUT2D eigenvalue weighted by Crippen LogP contribution is -2.48. The van der Waals surface area contributed by atoms with Crippen LogP contribution in [0.5, 0.6) is 17.2 Å². The van der Waals surface area contributed by atoms with Crippen LogP contribution in [0.25, 0.3) is 0 Å². The molecule has 1 heterocycles. The van der Waals surface area contributed by atoms with E-state index in [2.05, 4.69) is 16.2 Å². The van der Waals surface area contributed by atoms with Gasteiger partial charge < -0.3 is 19.5 Å². The highest BCUT2D eigenvalue weighted by atomic mass is 35.5. The molecule has 0 saturated carbocycles. The third-order valence-corrected chi connectivity index (χ3v) is 4.34. The van der Waals surface area contributed by atoms with E-state index in [-0.39, 0.29) is 11.8 Å². The van der Waals surface area contributed by atoms with E-state index in [9.17, 15) is 9.59 Å². The number of nitrogens with one attached hydrogen (secondary N) is 3. The fourth-order valence-corrected chi connectivity index (χ4v) is 2.53. The summed E-state index contributed by atoms with van der Waals surface area (Å²) in [5.74, 6) is 1.02. The molecule has 3 amide bonds. The van der Waals surface area contributed by atoms with Gasteiger partial charge in [-0.2, -0.15) is 0 Å². The van der Waals surface area contributed by atoms with Gasteiger partial charge in [0.25, 0.3) is 5.91 Å². The summed E-state index contributed by atoms with van der Waals surface area (Å²) in [5.41, 5.74) is 4.77. The molecule has 0 unspecified atom stereocenters. The molecule has 3 N–H and O–H groups in total. The van der Waals surface area contributed by atoms with Crippen molar-refractivity contribution >= 4 is 40.8 Å². The van der Waals surface area contributed by atoms with Crippen molar-refractivity contribution in [2.24, 2.45) is 0 Å². The molecule has 0 bridgehead atoms. The maximum absolute atomic E-state index is 12.1. The van der Waals surface area contributed by atoms with E-state index < -0.39 is 18.0 Å².